The Labute approximate surface area is 148 Å². The predicted molar refractivity (Wildman–Crippen MR) is 94.1 cm³/mol. The molecule has 1 N–H and O–H groups in total. The molecule has 2 amide bonds. The summed E-state index contributed by atoms with van der Waals surface area (Å²) in [5.41, 5.74) is 1.48. The number of benzene rings is 1. The number of morpholine rings is 1. The van der Waals surface area contributed by atoms with Crippen LogP contribution in [0, 0.1) is 0 Å². The van der Waals surface area contributed by atoms with E-state index in [-0.39, 0.29) is 6.03 Å². The van der Waals surface area contributed by atoms with E-state index in [0.717, 1.165) is 11.3 Å². The lowest BCUT2D eigenvalue weighted by Gasteiger charge is -2.40. The van der Waals surface area contributed by atoms with Gasteiger partial charge in [0.15, 0.2) is 5.76 Å². The highest BCUT2D eigenvalue weighted by Gasteiger charge is 2.35. The van der Waals surface area contributed by atoms with Gasteiger partial charge in [0.05, 0.1) is 25.4 Å². The Kier molecular flexibility index (Phi) is 5.08. The molecular weight excluding hydrogens is 318 g/mol. The first-order valence-electron chi connectivity index (χ1n) is 8.66. The van der Waals surface area contributed by atoms with Crippen LogP contribution >= 0.6 is 0 Å². The topological polar surface area (TPSA) is 67.6 Å². The Hall–Kier alpha value is -2.34. The van der Waals surface area contributed by atoms with Gasteiger partial charge in [-0.3, -0.25) is 0 Å². The lowest BCUT2D eigenvalue weighted by atomic mass is 9.94. The zero-order valence-corrected chi connectivity index (χ0v) is 15.0. The van der Waals surface area contributed by atoms with E-state index in [9.17, 15) is 4.79 Å². The smallest absolute Gasteiger partial charge is 0.317 e. The van der Waals surface area contributed by atoms with Crippen LogP contribution < -0.4 is 5.32 Å². The number of carbonyl (C=O) groups is 1. The van der Waals surface area contributed by atoms with Crippen molar-refractivity contribution < 1.29 is 14.1 Å². The van der Waals surface area contributed by atoms with Crippen LogP contribution in [0.4, 0.5) is 4.79 Å². The monoisotopic (exact) mass is 343 g/mol. The van der Waals surface area contributed by atoms with Crippen LogP contribution in [-0.2, 0) is 16.9 Å². The van der Waals surface area contributed by atoms with Gasteiger partial charge in [0.2, 0.25) is 0 Å². The fourth-order valence-electron chi connectivity index (χ4n) is 2.97. The van der Waals surface area contributed by atoms with Crippen LogP contribution in [0.1, 0.15) is 43.7 Å². The molecule has 6 heteroatoms. The summed E-state index contributed by atoms with van der Waals surface area (Å²) in [5, 5.41) is 6.92. The van der Waals surface area contributed by atoms with Crippen molar-refractivity contribution in [3.63, 3.8) is 0 Å². The highest BCUT2D eigenvalue weighted by molar-refractivity contribution is 5.74. The lowest BCUT2D eigenvalue weighted by Crippen LogP contribution is -2.53. The van der Waals surface area contributed by atoms with Crippen LogP contribution in [0.2, 0.25) is 0 Å². The van der Waals surface area contributed by atoms with Gasteiger partial charge in [0, 0.05) is 12.6 Å². The van der Waals surface area contributed by atoms with Crippen molar-refractivity contribution in [2.45, 2.75) is 38.8 Å². The molecule has 1 aromatic carbocycles. The van der Waals surface area contributed by atoms with Crippen molar-refractivity contribution >= 4 is 6.03 Å². The highest BCUT2D eigenvalue weighted by Crippen LogP contribution is 2.29. The summed E-state index contributed by atoms with van der Waals surface area (Å²) < 4.78 is 11.2. The average molecular weight is 343 g/mol. The maximum absolute atomic E-state index is 12.5. The standard InChI is InChI=1S/C19H25N3O3/c1-14(2)17-11-16(25-21-17)12-20-18(23)22-9-10-24-19(3,13-22)15-7-5-4-6-8-15/h4-8,11,14H,9-10,12-13H2,1-3H3,(H,20,23)/t19-/m1/s1. The van der Waals surface area contributed by atoms with E-state index in [0.29, 0.717) is 37.9 Å². The molecule has 0 saturated carbocycles. The molecule has 1 atom stereocenters. The van der Waals surface area contributed by atoms with E-state index in [1.807, 2.05) is 43.3 Å². The molecule has 0 bridgehead atoms. The SMILES string of the molecule is CC(C)c1cc(CNC(=O)N2CCO[C@@](C)(c3ccccc3)C2)on1. The second-order valence-corrected chi connectivity index (χ2v) is 6.90. The number of carbonyl (C=O) groups excluding carboxylic acids is 1. The first-order valence-corrected chi connectivity index (χ1v) is 8.66. The molecule has 25 heavy (non-hydrogen) atoms. The molecule has 6 nitrogen and oxygen atoms in total. The van der Waals surface area contributed by atoms with E-state index < -0.39 is 5.60 Å². The largest absolute Gasteiger partial charge is 0.367 e. The van der Waals surface area contributed by atoms with Crippen LogP contribution in [0.25, 0.3) is 0 Å². The van der Waals surface area contributed by atoms with E-state index >= 15 is 0 Å². The van der Waals surface area contributed by atoms with Gasteiger partial charge in [-0.15, -0.1) is 0 Å². The van der Waals surface area contributed by atoms with Crippen LogP contribution in [0.15, 0.2) is 40.9 Å². The third kappa shape index (κ3) is 4.02. The van der Waals surface area contributed by atoms with Crippen LogP contribution in [0.3, 0.4) is 0 Å². The van der Waals surface area contributed by atoms with E-state index in [2.05, 4.69) is 24.3 Å². The third-order valence-electron chi connectivity index (χ3n) is 4.53. The number of rotatable bonds is 4. The Balaban J connectivity index is 1.60. The summed E-state index contributed by atoms with van der Waals surface area (Å²) in [5.74, 6) is 0.968. The van der Waals surface area contributed by atoms with Gasteiger partial charge in [-0.05, 0) is 18.4 Å². The van der Waals surface area contributed by atoms with E-state index in [4.69, 9.17) is 9.26 Å². The van der Waals surface area contributed by atoms with E-state index in [1.165, 1.54) is 0 Å². The van der Waals surface area contributed by atoms with E-state index in [1.54, 1.807) is 4.90 Å². The zero-order valence-electron chi connectivity index (χ0n) is 15.0. The molecule has 2 heterocycles. The molecule has 0 unspecified atom stereocenters. The Bertz CT molecular complexity index is 714. The molecule has 1 aromatic heterocycles. The first kappa shape index (κ1) is 17.5. The molecule has 1 aliphatic rings. The summed E-state index contributed by atoms with van der Waals surface area (Å²) in [4.78, 5) is 14.3. The predicted octanol–water partition coefficient (Wildman–Crippen LogP) is 3.26. The maximum atomic E-state index is 12.5. The van der Waals surface area contributed by atoms with Gasteiger partial charge in [-0.1, -0.05) is 49.3 Å². The number of amides is 2. The number of nitrogens with zero attached hydrogens (tertiary/aromatic N) is 2. The average Bonchev–Trinajstić information content (AvgIpc) is 3.10. The Morgan fingerprint density at radius 2 is 2.12 bits per heavy atom. The fourth-order valence-corrected chi connectivity index (χ4v) is 2.97. The molecule has 3 rings (SSSR count). The first-order chi connectivity index (χ1) is 12.0. The molecule has 0 radical (unpaired) electrons. The normalized spacial score (nSPS) is 20.7. The van der Waals surface area contributed by atoms with Crippen LogP contribution in [-0.4, -0.2) is 35.8 Å². The van der Waals surface area contributed by atoms with Crippen molar-refractivity contribution in [2.75, 3.05) is 19.7 Å². The van der Waals surface area contributed by atoms with Crippen molar-refractivity contribution in [1.82, 2.24) is 15.4 Å². The molecule has 2 aromatic rings. The van der Waals surface area contributed by atoms with Gasteiger partial charge >= 0.3 is 6.03 Å². The fraction of sp³-hybridized carbons (Fsp3) is 0.474. The minimum atomic E-state index is -0.492. The van der Waals surface area contributed by atoms with Crippen molar-refractivity contribution in [3.05, 3.63) is 53.4 Å². The van der Waals surface area contributed by atoms with Gasteiger partial charge in [0.25, 0.3) is 0 Å². The second kappa shape index (κ2) is 7.27. The quantitative estimate of drug-likeness (QED) is 0.925. The van der Waals surface area contributed by atoms with Crippen molar-refractivity contribution in [3.8, 4) is 0 Å². The minimum absolute atomic E-state index is 0.118. The maximum Gasteiger partial charge on any atom is 0.317 e. The van der Waals surface area contributed by atoms with Gasteiger partial charge in [0.1, 0.15) is 5.60 Å². The molecule has 1 saturated heterocycles. The Morgan fingerprint density at radius 3 is 2.80 bits per heavy atom. The number of hydrogen-bond donors (Lipinski definition) is 1. The zero-order chi connectivity index (χ0) is 17.9. The van der Waals surface area contributed by atoms with Crippen LogP contribution in [0.5, 0.6) is 0 Å². The summed E-state index contributed by atoms with van der Waals surface area (Å²) >= 11 is 0. The van der Waals surface area contributed by atoms with Gasteiger partial charge < -0.3 is 19.5 Å². The molecule has 1 fully saturated rings. The lowest BCUT2D eigenvalue weighted by molar-refractivity contribution is -0.0907. The number of ether oxygens (including phenoxy) is 1. The highest BCUT2D eigenvalue weighted by atomic mass is 16.5. The molecule has 0 aliphatic carbocycles. The minimum Gasteiger partial charge on any atom is -0.367 e. The summed E-state index contributed by atoms with van der Waals surface area (Å²) in [6, 6.07) is 11.8. The molecule has 134 valence electrons. The Morgan fingerprint density at radius 1 is 1.36 bits per heavy atom. The van der Waals surface area contributed by atoms with Crippen molar-refractivity contribution in [1.29, 1.82) is 0 Å². The number of urea groups is 1. The number of nitrogens with one attached hydrogen (secondary N) is 1. The third-order valence-corrected chi connectivity index (χ3v) is 4.53. The van der Waals surface area contributed by atoms with Crippen molar-refractivity contribution in [2.24, 2.45) is 0 Å². The molecular formula is C19H25N3O3. The number of aromatic nitrogens is 1. The summed E-state index contributed by atoms with van der Waals surface area (Å²) in [7, 11) is 0. The van der Waals surface area contributed by atoms with Gasteiger partial charge in [-0.25, -0.2) is 4.79 Å². The van der Waals surface area contributed by atoms with Gasteiger partial charge in [-0.2, -0.15) is 0 Å². The number of hydrogen-bond acceptors (Lipinski definition) is 4. The molecule has 0 spiro atoms. The second-order valence-electron chi connectivity index (χ2n) is 6.90. The molecule has 1 aliphatic heterocycles. The summed E-state index contributed by atoms with van der Waals surface area (Å²) in [6.07, 6.45) is 0. The summed E-state index contributed by atoms with van der Waals surface area (Å²) in [6.45, 7) is 8.05.